The van der Waals surface area contributed by atoms with E-state index in [1.807, 2.05) is 0 Å². The Kier molecular flexibility index (Phi) is 6.75. The molecular weight excluding hydrogens is 454 g/mol. The van der Waals surface area contributed by atoms with Crippen LogP contribution in [0.25, 0.3) is 17.1 Å². The van der Waals surface area contributed by atoms with Crippen LogP contribution >= 0.6 is 0 Å². The lowest BCUT2D eigenvalue weighted by Crippen LogP contribution is -2.22. The van der Waals surface area contributed by atoms with E-state index in [2.05, 4.69) is 19.7 Å². The number of rotatable bonds is 6. The number of ether oxygens (including phenoxy) is 1. The molecule has 3 rings (SSSR count). The molecule has 0 aliphatic carbocycles. The van der Waals surface area contributed by atoms with E-state index < -0.39 is 24.0 Å². The number of aromatic nitrogens is 2. The van der Waals surface area contributed by atoms with Crippen molar-refractivity contribution in [1.29, 1.82) is 0 Å². The molecule has 33 heavy (non-hydrogen) atoms. The van der Waals surface area contributed by atoms with Gasteiger partial charge in [0, 0.05) is 11.3 Å². The molecule has 0 atom stereocenters. The number of nitrogens with two attached hydrogens (primary N) is 1. The molecule has 1 aromatic heterocycles. The van der Waals surface area contributed by atoms with Crippen LogP contribution in [0.15, 0.2) is 64.1 Å². The molecule has 0 amide bonds. The zero-order valence-electron chi connectivity index (χ0n) is 16.9. The van der Waals surface area contributed by atoms with Gasteiger partial charge in [-0.25, -0.2) is 0 Å². The van der Waals surface area contributed by atoms with Crippen molar-refractivity contribution < 1.29 is 35.6 Å². The molecule has 12 heteroatoms. The number of methoxy groups -OCH3 is 1. The van der Waals surface area contributed by atoms with Gasteiger partial charge in [0.05, 0.1) is 13.7 Å². The lowest BCUT2D eigenvalue weighted by Gasteiger charge is -2.09. The van der Waals surface area contributed by atoms with Crippen LogP contribution in [0.5, 0.6) is 5.75 Å². The Labute approximate surface area is 183 Å². The summed E-state index contributed by atoms with van der Waals surface area (Å²) >= 11 is 0. The smallest absolute Gasteiger partial charge is 0.471 e. The Balaban J connectivity index is 1.78. The third-order valence-electron chi connectivity index (χ3n) is 4.32. The maximum Gasteiger partial charge on any atom is 0.471 e. The molecule has 0 aliphatic heterocycles. The largest absolute Gasteiger partial charge is 0.497 e. The molecule has 2 aromatic carbocycles. The predicted molar refractivity (Wildman–Crippen MR) is 107 cm³/mol. The Hall–Kier alpha value is -3.83. The third-order valence-corrected chi connectivity index (χ3v) is 4.32. The van der Waals surface area contributed by atoms with Crippen LogP contribution in [0.1, 0.15) is 17.0 Å². The van der Waals surface area contributed by atoms with Gasteiger partial charge in [0.25, 0.3) is 0 Å². The molecule has 0 fully saturated rings. The van der Waals surface area contributed by atoms with E-state index in [9.17, 15) is 26.3 Å². The molecule has 0 radical (unpaired) electrons. The first-order chi connectivity index (χ1) is 15.5. The topological polar surface area (TPSA) is 86.5 Å². The van der Waals surface area contributed by atoms with Gasteiger partial charge >= 0.3 is 18.2 Å². The number of hydrogen-bond acceptors (Lipinski definition) is 6. The van der Waals surface area contributed by atoms with Gasteiger partial charge in [-0.3, -0.25) is 4.99 Å². The van der Waals surface area contributed by atoms with E-state index in [4.69, 9.17) is 10.5 Å². The summed E-state index contributed by atoms with van der Waals surface area (Å²) in [5, 5.41) is 3.25. The zero-order chi connectivity index (χ0) is 24.2. The zero-order valence-corrected chi connectivity index (χ0v) is 16.9. The highest BCUT2D eigenvalue weighted by Crippen LogP contribution is 2.29. The van der Waals surface area contributed by atoms with Crippen LogP contribution in [0.2, 0.25) is 0 Å². The van der Waals surface area contributed by atoms with Gasteiger partial charge in [0.2, 0.25) is 5.82 Å². The maximum absolute atomic E-state index is 13.4. The number of hydrogen-bond donors (Lipinski definition) is 1. The number of alkyl halides is 6. The first-order valence-corrected chi connectivity index (χ1v) is 9.21. The molecule has 0 saturated heterocycles. The van der Waals surface area contributed by atoms with Gasteiger partial charge in [-0.2, -0.15) is 31.3 Å². The molecule has 0 aliphatic rings. The summed E-state index contributed by atoms with van der Waals surface area (Å²) in [6.45, 7) is -0.346. The fraction of sp³-hybridized carbons (Fsp3) is 0.190. The highest BCUT2D eigenvalue weighted by Gasteiger charge is 2.38. The van der Waals surface area contributed by atoms with Crippen molar-refractivity contribution >= 4 is 11.4 Å². The minimum absolute atomic E-state index is 0.137. The van der Waals surface area contributed by atoms with Crippen molar-refractivity contribution in [3.8, 4) is 17.1 Å². The van der Waals surface area contributed by atoms with E-state index >= 15 is 0 Å². The average molecular weight is 470 g/mol. The monoisotopic (exact) mass is 470 g/mol. The lowest BCUT2D eigenvalue weighted by molar-refractivity contribution is -0.159. The normalized spacial score (nSPS) is 13.3. The molecule has 1 heterocycles. The van der Waals surface area contributed by atoms with Crippen LogP contribution in [0.3, 0.4) is 0 Å². The Morgan fingerprint density at radius 2 is 1.67 bits per heavy atom. The average Bonchev–Trinajstić information content (AvgIpc) is 3.27. The summed E-state index contributed by atoms with van der Waals surface area (Å²) in [5.41, 5.74) is 5.41. The summed E-state index contributed by atoms with van der Waals surface area (Å²) in [6, 6.07) is 11.6. The Morgan fingerprint density at radius 1 is 1.03 bits per heavy atom. The van der Waals surface area contributed by atoms with Crippen molar-refractivity contribution in [3.63, 3.8) is 0 Å². The van der Waals surface area contributed by atoms with Gasteiger partial charge in [0.1, 0.15) is 11.5 Å². The SMILES string of the molecule is COc1ccc(C(N)=CC(=NCc2ccc(-c3noc(C(F)(F)F)n3)cc2)C(F)(F)F)cc1. The molecule has 0 bridgehead atoms. The van der Waals surface area contributed by atoms with Crippen LogP contribution in [0.4, 0.5) is 26.3 Å². The first kappa shape index (κ1) is 23.8. The van der Waals surface area contributed by atoms with Crippen LogP contribution < -0.4 is 10.5 Å². The lowest BCUT2D eigenvalue weighted by atomic mass is 10.1. The van der Waals surface area contributed by atoms with E-state index in [-0.39, 0.29) is 23.6 Å². The summed E-state index contributed by atoms with van der Waals surface area (Å²) < 4.78 is 87.1. The highest BCUT2D eigenvalue weighted by molar-refractivity contribution is 6.04. The second-order valence-corrected chi connectivity index (χ2v) is 6.65. The van der Waals surface area contributed by atoms with Crippen LogP contribution in [0, 0.1) is 0 Å². The van der Waals surface area contributed by atoms with E-state index in [1.54, 1.807) is 12.1 Å². The summed E-state index contributed by atoms with van der Waals surface area (Å²) in [5.74, 6) is -1.28. The third kappa shape index (κ3) is 6.11. The van der Waals surface area contributed by atoms with Crippen LogP contribution in [-0.2, 0) is 12.7 Å². The van der Waals surface area contributed by atoms with Gasteiger partial charge < -0.3 is 15.0 Å². The Bertz CT molecular complexity index is 1150. The van der Waals surface area contributed by atoms with Crippen molar-refractivity contribution in [1.82, 2.24) is 10.1 Å². The summed E-state index contributed by atoms with van der Waals surface area (Å²) in [7, 11) is 1.46. The van der Waals surface area contributed by atoms with Gasteiger partial charge in [0.15, 0.2) is 0 Å². The molecular formula is C21H16F6N4O2. The number of benzene rings is 2. The molecule has 174 valence electrons. The van der Waals surface area contributed by atoms with Crippen molar-refractivity contribution in [2.24, 2.45) is 10.7 Å². The molecule has 2 N–H and O–H groups in total. The minimum atomic E-state index is -4.78. The fourth-order valence-corrected chi connectivity index (χ4v) is 2.62. The van der Waals surface area contributed by atoms with Gasteiger partial charge in [-0.1, -0.05) is 29.4 Å². The fourth-order valence-electron chi connectivity index (χ4n) is 2.62. The van der Waals surface area contributed by atoms with E-state index in [1.165, 1.54) is 43.5 Å². The second-order valence-electron chi connectivity index (χ2n) is 6.65. The Morgan fingerprint density at radius 3 is 2.18 bits per heavy atom. The van der Waals surface area contributed by atoms with Crippen molar-refractivity contribution in [2.45, 2.75) is 18.9 Å². The molecule has 0 spiro atoms. The van der Waals surface area contributed by atoms with E-state index in [0.29, 0.717) is 16.9 Å². The molecule has 0 saturated carbocycles. The highest BCUT2D eigenvalue weighted by atomic mass is 19.4. The maximum atomic E-state index is 13.4. The van der Waals surface area contributed by atoms with Gasteiger partial charge in [-0.05, 0) is 41.5 Å². The quantitative estimate of drug-likeness (QED) is 0.392. The number of halogens is 6. The van der Waals surface area contributed by atoms with Crippen LogP contribution in [-0.4, -0.2) is 29.1 Å². The second kappa shape index (κ2) is 9.35. The predicted octanol–water partition coefficient (Wildman–Crippen LogP) is 5.27. The van der Waals surface area contributed by atoms with Crippen molar-refractivity contribution in [3.05, 3.63) is 71.6 Å². The standard InChI is InChI=1S/C21H16F6N4O2/c1-32-15-8-6-13(7-9-15)16(28)10-17(20(22,23)24)29-11-12-2-4-14(5-3-12)18-30-19(33-31-18)21(25,26)27/h2-10H,11,28H2,1H3. The molecule has 3 aromatic rings. The summed E-state index contributed by atoms with van der Waals surface area (Å²) in [6.07, 6.45) is -8.81. The van der Waals surface area contributed by atoms with Crippen molar-refractivity contribution in [2.75, 3.05) is 7.11 Å². The number of nitrogens with zero attached hydrogens (tertiary/aromatic N) is 3. The summed E-state index contributed by atoms with van der Waals surface area (Å²) in [4.78, 5) is 6.87. The molecule has 6 nitrogen and oxygen atoms in total. The molecule has 0 unspecified atom stereocenters. The first-order valence-electron chi connectivity index (χ1n) is 9.21. The number of allylic oxidation sites excluding steroid dienone is 1. The minimum Gasteiger partial charge on any atom is -0.497 e. The number of aliphatic imine (C=N–C) groups is 1. The van der Waals surface area contributed by atoms with E-state index in [0.717, 1.165) is 6.08 Å². The van der Waals surface area contributed by atoms with Gasteiger partial charge in [-0.15, -0.1) is 0 Å².